The third kappa shape index (κ3) is 2.48. The fourth-order valence-corrected chi connectivity index (χ4v) is 1.83. The number of rotatable bonds is 3. The van der Waals surface area contributed by atoms with Crippen LogP contribution in [0.5, 0.6) is 0 Å². The predicted molar refractivity (Wildman–Crippen MR) is 63.2 cm³/mol. The first-order valence-corrected chi connectivity index (χ1v) is 5.47. The molecule has 0 spiro atoms. The van der Waals surface area contributed by atoms with Crippen LogP contribution in [0.4, 0.5) is 0 Å². The van der Waals surface area contributed by atoms with Gasteiger partial charge in [0.25, 0.3) is 5.91 Å². The lowest BCUT2D eigenvalue weighted by molar-refractivity contribution is -0.140. The van der Waals surface area contributed by atoms with Gasteiger partial charge in [-0.2, -0.15) is 0 Å². The Kier molecular flexibility index (Phi) is 3.27. The zero-order chi connectivity index (χ0) is 13.1. The molecule has 1 aliphatic carbocycles. The molecule has 1 aliphatic rings. The zero-order valence-corrected chi connectivity index (χ0v) is 9.42. The van der Waals surface area contributed by atoms with Gasteiger partial charge in [0.05, 0.1) is 5.92 Å². The van der Waals surface area contributed by atoms with E-state index in [0.29, 0.717) is 6.42 Å². The number of aromatic amines is 1. The van der Waals surface area contributed by atoms with Crippen molar-refractivity contribution in [3.8, 4) is 0 Å². The van der Waals surface area contributed by atoms with Gasteiger partial charge in [0, 0.05) is 24.5 Å². The van der Waals surface area contributed by atoms with Crippen molar-refractivity contribution >= 4 is 11.9 Å². The molecule has 1 aromatic heterocycles. The Hall–Kier alpha value is -2.37. The summed E-state index contributed by atoms with van der Waals surface area (Å²) in [5.74, 6) is -2.00. The molecule has 94 valence electrons. The average molecular weight is 248 g/mol. The molecule has 0 saturated heterocycles. The van der Waals surface area contributed by atoms with Gasteiger partial charge in [0.15, 0.2) is 5.43 Å². The van der Waals surface area contributed by atoms with E-state index in [9.17, 15) is 14.4 Å². The molecule has 0 radical (unpaired) electrons. The van der Waals surface area contributed by atoms with Gasteiger partial charge in [-0.3, -0.25) is 14.4 Å². The van der Waals surface area contributed by atoms with Gasteiger partial charge < -0.3 is 15.4 Å². The van der Waals surface area contributed by atoms with E-state index in [1.165, 1.54) is 18.5 Å². The Morgan fingerprint density at radius 1 is 1.39 bits per heavy atom. The molecule has 3 N–H and O–H groups in total. The predicted octanol–water partition coefficient (Wildman–Crippen LogP) is 0.134. The van der Waals surface area contributed by atoms with Gasteiger partial charge in [-0.15, -0.1) is 0 Å². The van der Waals surface area contributed by atoms with Crippen molar-refractivity contribution in [2.45, 2.75) is 12.5 Å². The summed E-state index contributed by atoms with van der Waals surface area (Å²) in [6, 6.07) is 0.914. The van der Waals surface area contributed by atoms with E-state index in [-0.39, 0.29) is 17.0 Å². The number of H-pyrrole nitrogens is 1. The summed E-state index contributed by atoms with van der Waals surface area (Å²) in [6.45, 7) is 0. The van der Waals surface area contributed by atoms with Crippen LogP contribution in [-0.4, -0.2) is 28.0 Å². The number of aliphatic carboxylic acids is 1. The molecule has 0 aromatic carbocycles. The van der Waals surface area contributed by atoms with Gasteiger partial charge >= 0.3 is 5.97 Å². The van der Waals surface area contributed by atoms with E-state index in [0.717, 1.165) is 0 Å². The average Bonchev–Trinajstić information content (AvgIpc) is 2.78. The zero-order valence-electron chi connectivity index (χ0n) is 9.42. The minimum absolute atomic E-state index is 0.0182. The fourth-order valence-electron chi connectivity index (χ4n) is 1.83. The molecule has 2 unspecified atom stereocenters. The third-order valence-electron chi connectivity index (χ3n) is 2.79. The van der Waals surface area contributed by atoms with E-state index in [1.54, 1.807) is 12.2 Å². The lowest BCUT2D eigenvalue weighted by Gasteiger charge is -2.11. The summed E-state index contributed by atoms with van der Waals surface area (Å²) in [7, 11) is 0. The molecule has 0 aliphatic heterocycles. The maximum absolute atomic E-state index is 11.8. The van der Waals surface area contributed by atoms with Crippen LogP contribution in [0.15, 0.2) is 35.4 Å². The van der Waals surface area contributed by atoms with Crippen molar-refractivity contribution in [2.75, 3.05) is 0 Å². The topological polar surface area (TPSA) is 99.3 Å². The smallest absolute Gasteiger partial charge is 0.310 e. The van der Waals surface area contributed by atoms with Gasteiger partial charge in [-0.1, -0.05) is 12.2 Å². The van der Waals surface area contributed by atoms with Crippen molar-refractivity contribution in [2.24, 2.45) is 5.92 Å². The molecule has 1 heterocycles. The van der Waals surface area contributed by atoms with Crippen LogP contribution in [0.1, 0.15) is 16.8 Å². The second kappa shape index (κ2) is 4.87. The number of pyridine rings is 1. The van der Waals surface area contributed by atoms with Gasteiger partial charge in [0.1, 0.15) is 5.56 Å². The normalized spacial score (nSPS) is 21.8. The Bertz CT molecular complexity index is 561. The minimum atomic E-state index is -0.916. The summed E-state index contributed by atoms with van der Waals surface area (Å²) in [5.41, 5.74) is -0.354. The van der Waals surface area contributed by atoms with Crippen LogP contribution in [-0.2, 0) is 4.79 Å². The highest BCUT2D eigenvalue weighted by molar-refractivity contribution is 5.94. The molecule has 1 amide bonds. The molecule has 18 heavy (non-hydrogen) atoms. The number of carbonyl (C=O) groups is 2. The Morgan fingerprint density at radius 2 is 2.17 bits per heavy atom. The number of carbonyl (C=O) groups excluding carboxylic acids is 1. The van der Waals surface area contributed by atoms with Crippen LogP contribution >= 0.6 is 0 Å². The lowest BCUT2D eigenvalue weighted by Crippen LogP contribution is -2.35. The van der Waals surface area contributed by atoms with Crippen LogP contribution in [0.25, 0.3) is 0 Å². The summed E-state index contributed by atoms with van der Waals surface area (Å²) in [4.78, 5) is 36.6. The summed E-state index contributed by atoms with van der Waals surface area (Å²) in [6.07, 6.45) is 6.25. The molecule has 6 nitrogen and oxygen atoms in total. The number of carboxylic acids is 1. The van der Waals surface area contributed by atoms with Crippen molar-refractivity contribution < 1.29 is 14.7 Å². The molecule has 1 aromatic rings. The Labute approximate surface area is 102 Å². The first-order valence-electron chi connectivity index (χ1n) is 5.47. The second-order valence-electron chi connectivity index (χ2n) is 4.07. The standard InChI is InChI=1S/C12H12N2O4/c15-10-3-4-13-6-9(10)11(16)14-8-2-1-7(5-8)12(17)18/h1-4,6-8H,5H2,(H,13,15)(H,14,16)(H,17,18). The summed E-state index contributed by atoms with van der Waals surface area (Å²) < 4.78 is 0. The SMILES string of the molecule is O=C(NC1C=CC(C(=O)O)C1)c1c[nH]ccc1=O. The van der Waals surface area contributed by atoms with Gasteiger partial charge in [0.2, 0.25) is 0 Å². The van der Waals surface area contributed by atoms with E-state index >= 15 is 0 Å². The van der Waals surface area contributed by atoms with E-state index in [4.69, 9.17) is 5.11 Å². The third-order valence-corrected chi connectivity index (χ3v) is 2.79. The first kappa shape index (κ1) is 12.1. The maximum Gasteiger partial charge on any atom is 0.310 e. The molecule has 0 fully saturated rings. The molecule has 2 atom stereocenters. The largest absolute Gasteiger partial charge is 0.481 e. The molecular weight excluding hydrogens is 236 g/mol. The maximum atomic E-state index is 11.8. The van der Waals surface area contributed by atoms with E-state index in [2.05, 4.69) is 10.3 Å². The number of hydrogen-bond acceptors (Lipinski definition) is 3. The number of carboxylic acid groups (broad SMARTS) is 1. The Morgan fingerprint density at radius 3 is 2.78 bits per heavy atom. The molecule has 2 rings (SSSR count). The van der Waals surface area contributed by atoms with Crippen LogP contribution in [0, 0.1) is 5.92 Å². The Balaban J connectivity index is 2.02. The van der Waals surface area contributed by atoms with Crippen molar-refractivity contribution in [1.29, 1.82) is 0 Å². The highest BCUT2D eigenvalue weighted by Gasteiger charge is 2.25. The number of amides is 1. The van der Waals surface area contributed by atoms with Gasteiger partial charge in [-0.05, 0) is 6.42 Å². The fraction of sp³-hybridized carbons (Fsp3) is 0.250. The first-order chi connectivity index (χ1) is 8.58. The van der Waals surface area contributed by atoms with Gasteiger partial charge in [-0.25, -0.2) is 0 Å². The van der Waals surface area contributed by atoms with Crippen molar-refractivity contribution in [3.63, 3.8) is 0 Å². The van der Waals surface area contributed by atoms with Crippen molar-refractivity contribution in [1.82, 2.24) is 10.3 Å². The van der Waals surface area contributed by atoms with E-state index in [1.807, 2.05) is 0 Å². The number of nitrogens with one attached hydrogen (secondary N) is 2. The van der Waals surface area contributed by atoms with Crippen molar-refractivity contribution in [3.05, 3.63) is 46.4 Å². The van der Waals surface area contributed by atoms with Crippen LogP contribution in [0.3, 0.4) is 0 Å². The highest BCUT2D eigenvalue weighted by Crippen LogP contribution is 2.18. The van der Waals surface area contributed by atoms with E-state index < -0.39 is 17.8 Å². The summed E-state index contributed by atoms with van der Waals surface area (Å²) >= 11 is 0. The van der Waals surface area contributed by atoms with Crippen LogP contribution < -0.4 is 10.7 Å². The second-order valence-corrected chi connectivity index (χ2v) is 4.07. The lowest BCUT2D eigenvalue weighted by atomic mass is 10.1. The monoisotopic (exact) mass is 248 g/mol. The number of aromatic nitrogens is 1. The molecule has 6 heteroatoms. The molecule has 0 saturated carbocycles. The minimum Gasteiger partial charge on any atom is -0.481 e. The molecular formula is C12H12N2O4. The quantitative estimate of drug-likeness (QED) is 0.662. The van der Waals surface area contributed by atoms with Crippen LogP contribution in [0.2, 0.25) is 0 Å². The summed E-state index contributed by atoms with van der Waals surface area (Å²) in [5, 5.41) is 11.4. The highest BCUT2D eigenvalue weighted by atomic mass is 16.4. The number of hydrogen-bond donors (Lipinski definition) is 3. The molecule has 0 bridgehead atoms.